The topological polar surface area (TPSA) is 36.9 Å². The van der Waals surface area contributed by atoms with E-state index in [1.54, 1.807) is 0 Å². The van der Waals surface area contributed by atoms with Crippen LogP contribution in [0.3, 0.4) is 0 Å². The fourth-order valence-corrected chi connectivity index (χ4v) is 4.16. The molecular weight excluding hydrogens is 436 g/mol. The highest BCUT2D eigenvalue weighted by Gasteiger charge is 2.16. The highest BCUT2D eigenvalue weighted by Crippen LogP contribution is 2.43. The van der Waals surface area contributed by atoms with E-state index in [9.17, 15) is 0 Å². The minimum atomic E-state index is 0.437. The van der Waals surface area contributed by atoms with E-state index in [0.29, 0.717) is 26.4 Å². The fraction of sp³-hybridized carbons (Fsp3) is 0.161. The number of aryl methyl sites for hydroxylation is 1. The molecule has 0 aliphatic heterocycles. The minimum Gasteiger partial charge on any atom is -0.490 e. The quantitative estimate of drug-likeness (QED) is 0.162. The Morgan fingerprint density at radius 3 is 1.40 bits per heavy atom. The highest BCUT2D eigenvalue weighted by atomic mass is 16.5. The van der Waals surface area contributed by atoms with Gasteiger partial charge < -0.3 is 18.9 Å². The molecule has 5 aromatic carbocycles. The molecule has 0 aromatic heterocycles. The average Bonchev–Trinajstić information content (AvgIpc) is 2.90. The van der Waals surface area contributed by atoms with Crippen LogP contribution < -0.4 is 18.9 Å². The molecule has 35 heavy (non-hydrogen) atoms. The van der Waals surface area contributed by atoms with Crippen LogP contribution >= 0.6 is 0 Å². The SMILES string of the molecule is Cc1ccc2c(OCCOc3ccccc3)c3ccccc3c(OCCOc3ccccc3)c2c1. The summed E-state index contributed by atoms with van der Waals surface area (Å²) < 4.78 is 24.3. The predicted molar refractivity (Wildman–Crippen MR) is 141 cm³/mol. The third kappa shape index (κ3) is 5.33. The number of hydrogen-bond donors (Lipinski definition) is 0. The van der Waals surface area contributed by atoms with Gasteiger partial charge in [0, 0.05) is 21.5 Å². The maximum absolute atomic E-state index is 6.34. The van der Waals surface area contributed by atoms with Crippen molar-refractivity contribution < 1.29 is 18.9 Å². The van der Waals surface area contributed by atoms with E-state index in [2.05, 4.69) is 37.3 Å². The lowest BCUT2D eigenvalue weighted by atomic mass is 9.99. The van der Waals surface area contributed by atoms with E-state index < -0.39 is 0 Å². The molecule has 4 nitrogen and oxygen atoms in total. The normalized spacial score (nSPS) is 10.9. The summed E-state index contributed by atoms with van der Waals surface area (Å²) >= 11 is 0. The summed E-state index contributed by atoms with van der Waals surface area (Å²) in [5.41, 5.74) is 1.16. The molecule has 0 saturated carbocycles. The first kappa shape index (κ1) is 22.6. The Bertz CT molecular complexity index is 1400. The Morgan fingerprint density at radius 2 is 0.857 bits per heavy atom. The Balaban J connectivity index is 1.40. The molecule has 0 spiro atoms. The molecule has 0 N–H and O–H groups in total. The second-order valence-electron chi connectivity index (χ2n) is 8.27. The zero-order chi connectivity index (χ0) is 23.9. The van der Waals surface area contributed by atoms with Gasteiger partial charge in [-0.05, 0) is 37.3 Å². The maximum atomic E-state index is 6.34. The molecule has 0 saturated heterocycles. The molecule has 0 atom stereocenters. The zero-order valence-corrected chi connectivity index (χ0v) is 19.8. The lowest BCUT2D eigenvalue weighted by Gasteiger charge is -2.18. The Labute approximate surface area is 205 Å². The Morgan fingerprint density at radius 1 is 0.429 bits per heavy atom. The van der Waals surface area contributed by atoms with Crippen molar-refractivity contribution >= 4 is 21.5 Å². The van der Waals surface area contributed by atoms with E-state index in [-0.39, 0.29) is 0 Å². The fourth-order valence-electron chi connectivity index (χ4n) is 4.16. The standard InChI is InChI=1S/C31H28O4/c1-23-16-17-28-29(22-23)31(35-21-19-33-25-12-6-3-7-13-25)27-15-9-8-14-26(27)30(28)34-20-18-32-24-10-4-2-5-11-24/h2-17,22H,18-21H2,1H3. The summed E-state index contributed by atoms with van der Waals surface area (Å²) in [6.07, 6.45) is 0. The summed E-state index contributed by atoms with van der Waals surface area (Å²) in [6, 6.07) is 34.2. The molecule has 0 bridgehead atoms. The zero-order valence-electron chi connectivity index (χ0n) is 19.8. The van der Waals surface area contributed by atoms with Crippen LogP contribution in [0.25, 0.3) is 21.5 Å². The van der Waals surface area contributed by atoms with Gasteiger partial charge in [-0.3, -0.25) is 0 Å². The Hall–Kier alpha value is -4.18. The number of para-hydroxylation sites is 2. The average molecular weight is 465 g/mol. The highest BCUT2D eigenvalue weighted by molar-refractivity contribution is 6.11. The second-order valence-corrected chi connectivity index (χ2v) is 8.27. The van der Waals surface area contributed by atoms with Gasteiger partial charge in [-0.15, -0.1) is 0 Å². The van der Waals surface area contributed by atoms with Crippen LogP contribution in [-0.4, -0.2) is 26.4 Å². The van der Waals surface area contributed by atoms with E-state index in [4.69, 9.17) is 18.9 Å². The van der Waals surface area contributed by atoms with Crippen molar-refractivity contribution in [3.63, 3.8) is 0 Å². The number of benzene rings is 5. The van der Waals surface area contributed by atoms with Gasteiger partial charge in [-0.25, -0.2) is 0 Å². The Kier molecular flexibility index (Phi) is 7.00. The van der Waals surface area contributed by atoms with Crippen LogP contribution in [0.15, 0.2) is 103 Å². The van der Waals surface area contributed by atoms with Gasteiger partial charge in [-0.2, -0.15) is 0 Å². The van der Waals surface area contributed by atoms with Crippen molar-refractivity contribution in [2.24, 2.45) is 0 Å². The summed E-state index contributed by atoms with van der Waals surface area (Å²) in [4.78, 5) is 0. The van der Waals surface area contributed by atoms with Gasteiger partial charge in [0.25, 0.3) is 0 Å². The molecule has 0 unspecified atom stereocenters. The van der Waals surface area contributed by atoms with E-state index in [1.165, 1.54) is 0 Å². The summed E-state index contributed by atoms with van der Waals surface area (Å²) in [5.74, 6) is 3.37. The third-order valence-electron chi connectivity index (χ3n) is 5.76. The first-order valence-electron chi connectivity index (χ1n) is 11.9. The van der Waals surface area contributed by atoms with Crippen molar-refractivity contribution in [2.45, 2.75) is 6.92 Å². The van der Waals surface area contributed by atoms with Gasteiger partial charge in [0.05, 0.1) is 0 Å². The number of hydrogen-bond acceptors (Lipinski definition) is 4. The molecular formula is C31H28O4. The maximum Gasteiger partial charge on any atom is 0.135 e. The van der Waals surface area contributed by atoms with Crippen LogP contribution in [0.4, 0.5) is 0 Å². The van der Waals surface area contributed by atoms with Gasteiger partial charge in [0.15, 0.2) is 0 Å². The molecule has 5 aromatic rings. The van der Waals surface area contributed by atoms with E-state index >= 15 is 0 Å². The van der Waals surface area contributed by atoms with Crippen molar-refractivity contribution in [3.05, 3.63) is 109 Å². The molecule has 0 amide bonds. The van der Waals surface area contributed by atoms with Gasteiger partial charge in [0.2, 0.25) is 0 Å². The molecule has 0 aliphatic carbocycles. The third-order valence-corrected chi connectivity index (χ3v) is 5.76. The summed E-state index contributed by atoms with van der Waals surface area (Å²) in [5, 5.41) is 4.09. The van der Waals surface area contributed by atoms with E-state index in [1.807, 2.05) is 72.8 Å². The monoisotopic (exact) mass is 464 g/mol. The molecule has 0 aliphatic rings. The van der Waals surface area contributed by atoms with Crippen molar-refractivity contribution in [3.8, 4) is 23.0 Å². The lowest BCUT2D eigenvalue weighted by molar-refractivity contribution is 0.218. The van der Waals surface area contributed by atoms with Crippen LogP contribution in [0.1, 0.15) is 5.56 Å². The minimum absolute atomic E-state index is 0.437. The molecule has 0 fully saturated rings. The molecule has 176 valence electrons. The molecule has 0 radical (unpaired) electrons. The lowest BCUT2D eigenvalue weighted by Crippen LogP contribution is -2.11. The van der Waals surface area contributed by atoms with Crippen molar-refractivity contribution in [1.82, 2.24) is 0 Å². The number of ether oxygens (including phenoxy) is 4. The largest absolute Gasteiger partial charge is 0.490 e. The van der Waals surface area contributed by atoms with Crippen molar-refractivity contribution in [2.75, 3.05) is 26.4 Å². The van der Waals surface area contributed by atoms with Crippen LogP contribution in [-0.2, 0) is 0 Å². The van der Waals surface area contributed by atoms with Crippen LogP contribution in [0.2, 0.25) is 0 Å². The summed E-state index contributed by atoms with van der Waals surface area (Å²) in [6.45, 7) is 3.88. The van der Waals surface area contributed by atoms with E-state index in [0.717, 1.165) is 50.1 Å². The molecule has 0 heterocycles. The van der Waals surface area contributed by atoms with Crippen molar-refractivity contribution in [1.29, 1.82) is 0 Å². The number of rotatable bonds is 10. The van der Waals surface area contributed by atoms with Crippen LogP contribution in [0.5, 0.6) is 23.0 Å². The smallest absolute Gasteiger partial charge is 0.135 e. The van der Waals surface area contributed by atoms with Crippen LogP contribution in [0, 0.1) is 6.92 Å². The second kappa shape index (κ2) is 10.8. The molecule has 5 rings (SSSR count). The summed E-state index contributed by atoms with van der Waals surface area (Å²) in [7, 11) is 0. The predicted octanol–water partition coefficient (Wildman–Crippen LogP) is 7.22. The first-order valence-corrected chi connectivity index (χ1v) is 11.9. The van der Waals surface area contributed by atoms with Gasteiger partial charge in [-0.1, -0.05) is 78.4 Å². The first-order chi connectivity index (χ1) is 17.3. The molecule has 4 heteroatoms. The van der Waals surface area contributed by atoms with Gasteiger partial charge in [0.1, 0.15) is 49.4 Å². The number of fused-ring (bicyclic) bond motifs is 2. The van der Waals surface area contributed by atoms with Gasteiger partial charge >= 0.3 is 0 Å².